The second-order valence-corrected chi connectivity index (χ2v) is 5.28. The predicted molar refractivity (Wildman–Crippen MR) is 84.4 cm³/mol. The minimum absolute atomic E-state index is 0.349. The first-order valence-corrected chi connectivity index (χ1v) is 6.90. The van der Waals surface area contributed by atoms with E-state index in [0.29, 0.717) is 11.5 Å². The van der Waals surface area contributed by atoms with Crippen molar-refractivity contribution in [3.8, 4) is 22.5 Å². The molecule has 0 aliphatic heterocycles. The normalized spacial score (nSPS) is 10.6. The van der Waals surface area contributed by atoms with Crippen molar-refractivity contribution in [3.63, 3.8) is 0 Å². The SMILES string of the molecule is Cc1cc(C)cc(-c2cccc(-c3ccc(C=O)o3)c2)c1. The molecule has 3 rings (SSSR count). The summed E-state index contributed by atoms with van der Waals surface area (Å²) in [5.74, 6) is 1.06. The fourth-order valence-corrected chi connectivity index (χ4v) is 2.56. The molecule has 0 fully saturated rings. The Morgan fingerprint density at radius 2 is 1.52 bits per heavy atom. The van der Waals surface area contributed by atoms with Crippen molar-refractivity contribution in [3.05, 3.63) is 71.5 Å². The van der Waals surface area contributed by atoms with Crippen molar-refractivity contribution >= 4 is 6.29 Å². The van der Waals surface area contributed by atoms with Gasteiger partial charge in [0.15, 0.2) is 12.0 Å². The van der Waals surface area contributed by atoms with Crippen LogP contribution in [0.4, 0.5) is 0 Å². The van der Waals surface area contributed by atoms with Crippen LogP contribution in [0.3, 0.4) is 0 Å². The van der Waals surface area contributed by atoms with Gasteiger partial charge in [0.2, 0.25) is 0 Å². The highest BCUT2D eigenvalue weighted by Gasteiger charge is 2.06. The Bertz CT molecular complexity index is 777. The zero-order valence-electron chi connectivity index (χ0n) is 12.1. The molecule has 3 aromatic rings. The number of carbonyl (C=O) groups is 1. The number of aldehydes is 1. The molecule has 2 nitrogen and oxygen atoms in total. The van der Waals surface area contributed by atoms with Gasteiger partial charge in [-0.15, -0.1) is 0 Å². The van der Waals surface area contributed by atoms with E-state index in [1.807, 2.05) is 18.2 Å². The third-order valence-electron chi connectivity index (χ3n) is 3.45. The van der Waals surface area contributed by atoms with E-state index < -0.39 is 0 Å². The Morgan fingerprint density at radius 3 is 2.19 bits per heavy atom. The highest BCUT2D eigenvalue weighted by molar-refractivity contribution is 5.75. The van der Waals surface area contributed by atoms with Gasteiger partial charge in [0.05, 0.1) is 0 Å². The number of rotatable bonds is 3. The molecule has 1 heterocycles. The van der Waals surface area contributed by atoms with Gasteiger partial charge in [0, 0.05) is 5.56 Å². The lowest BCUT2D eigenvalue weighted by atomic mass is 9.99. The minimum Gasteiger partial charge on any atom is -0.453 e. The van der Waals surface area contributed by atoms with Gasteiger partial charge in [-0.3, -0.25) is 4.79 Å². The van der Waals surface area contributed by atoms with Gasteiger partial charge in [-0.25, -0.2) is 0 Å². The highest BCUT2D eigenvalue weighted by Crippen LogP contribution is 2.28. The first-order chi connectivity index (χ1) is 10.2. The average Bonchev–Trinajstić information content (AvgIpc) is 2.95. The number of hydrogen-bond acceptors (Lipinski definition) is 2. The van der Waals surface area contributed by atoms with E-state index in [4.69, 9.17) is 4.42 Å². The standard InChI is InChI=1S/C19H16O2/c1-13-8-14(2)10-17(9-13)15-4-3-5-16(11-15)19-7-6-18(12-20)21-19/h3-12H,1-2H3. The Hall–Kier alpha value is -2.61. The lowest BCUT2D eigenvalue weighted by Crippen LogP contribution is -1.84. The monoisotopic (exact) mass is 276 g/mol. The van der Waals surface area contributed by atoms with Crippen LogP contribution in [0.5, 0.6) is 0 Å². The molecule has 0 unspecified atom stereocenters. The quantitative estimate of drug-likeness (QED) is 0.627. The van der Waals surface area contributed by atoms with Crippen LogP contribution in [-0.4, -0.2) is 6.29 Å². The Labute approximate surface area is 124 Å². The fourth-order valence-electron chi connectivity index (χ4n) is 2.56. The van der Waals surface area contributed by atoms with Gasteiger partial charge in [0.25, 0.3) is 0 Å². The molecule has 0 atom stereocenters. The van der Waals surface area contributed by atoms with Crippen molar-refractivity contribution in [2.75, 3.05) is 0 Å². The predicted octanol–water partition coefficient (Wildman–Crippen LogP) is 5.04. The summed E-state index contributed by atoms with van der Waals surface area (Å²) >= 11 is 0. The molecule has 0 saturated carbocycles. The zero-order valence-corrected chi connectivity index (χ0v) is 12.1. The van der Waals surface area contributed by atoms with E-state index in [0.717, 1.165) is 17.4 Å². The van der Waals surface area contributed by atoms with Gasteiger partial charge >= 0.3 is 0 Å². The highest BCUT2D eigenvalue weighted by atomic mass is 16.3. The van der Waals surface area contributed by atoms with E-state index in [1.54, 1.807) is 6.07 Å². The van der Waals surface area contributed by atoms with Crippen LogP contribution < -0.4 is 0 Å². The van der Waals surface area contributed by atoms with E-state index in [2.05, 4.69) is 44.2 Å². The smallest absolute Gasteiger partial charge is 0.185 e. The van der Waals surface area contributed by atoms with Crippen molar-refractivity contribution < 1.29 is 9.21 Å². The minimum atomic E-state index is 0.349. The summed E-state index contributed by atoms with van der Waals surface area (Å²) in [6.45, 7) is 4.20. The summed E-state index contributed by atoms with van der Waals surface area (Å²) in [6, 6.07) is 18.2. The number of carbonyl (C=O) groups excluding carboxylic acids is 1. The van der Waals surface area contributed by atoms with Gasteiger partial charge in [0.1, 0.15) is 5.76 Å². The first kappa shape index (κ1) is 13.4. The van der Waals surface area contributed by atoms with Crippen LogP contribution in [0.25, 0.3) is 22.5 Å². The Kier molecular flexibility index (Phi) is 3.44. The topological polar surface area (TPSA) is 30.2 Å². The van der Waals surface area contributed by atoms with Gasteiger partial charge in [-0.1, -0.05) is 47.5 Å². The Morgan fingerprint density at radius 1 is 0.810 bits per heavy atom. The molecule has 21 heavy (non-hydrogen) atoms. The van der Waals surface area contributed by atoms with Gasteiger partial charge in [-0.05, 0) is 43.2 Å². The summed E-state index contributed by atoms with van der Waals surface area (Å²) in [7, 11) is 0. The van der Waals surface area contributed by atoms with Crippen molar-refractivity contribution in [2.45, 2.75) is 13.8 Å². The molecule has 0 saturated heterocycles. The second kappa shape index (κ2) is 5.41. The van der Waals surface area contributed by atoms with Crippen molar-refractivity contribution in [1.82, 2.24) is 0 Å². The maximum absolute atomic E-state index is 10.7. The molecule has 1 aromatic heterocycles. The molecule has 0 spiro atoms. The summed E-state index contributed by atoms with van der Waals surface area (Å²) in [5, 5.41) is 0. The number of hydrogen-bond donors (Lipinski definition) is 0. The molecular formula is C19H16O2. The fraction of sp³-hybridized carbons (Fsp3) is 0.105. The molecule has 0 amide bonds. The summed E-state index contributed by atoms with van der Waals surface area (Å²) in [5.41, 5.74) is 5.80. The zero-order chi connectivity index (χ0) is 14.8. The number of aryl methyl sites for hydroxylation is 2. The van der Waals surface area contributed by atoms with E-state index >= 15 is 0 Å². The molecule has 0 aliphatic carbocycles. The molecule has 0 radical (unpaired) electrons. The van der Waals surface area contributed by atoms with E-state index in [1.165, 1.54) is 16.7 Å². The number of furan rings is 1. The van der Waals surface area contributed by atoms with Crippen LogP contribution in [0.2, 0.25) is 0 Å². The van der Waals surface area contributed by atoms with Crippen LogP contribution in [0.15, 0.2) is 59.0 Å². The lowest BCUT2D eigenvalue weighted by molar-refractivity contribution is 0.110. The molecule has 2 heteroatoms. The maximum Gasteiger partial charge on any atom is 0.185 e. The number of benzene rings is 2. The third-order valence-corrected chi connectivity index (χ3v) is 3.45. The second-order valence-electron chi connectivity index (χ2n) is 5.28. The van der Waals surface area contributed by atoms with Crippen molar-refractivity contribution in [1.29, 1.82) is 0 Å². The largest absolute Gasteiger partial charge is 0.453 e. The molecule has 104 valence electrons. The van der Waals surface area contributed by atoms with E-state index in [-0.39, 0.29) is 0 Å². The lowest BCUT2D eigenvalue weighted by Gasteiger charge is -2.07. The van der Waals surface area contributed by atoms with Crippen LogP contribution in [0.1, 0.15) is 21.7 Å². The summed E-state index contributed by atoms with van der Waals surface area (Å²) in [6.07, 6.45) is 0.720. The van der Waals surface area contributed by atoms with Gasteiger partial charge in [-0.2, -0.15) is 0 Å². The van der Waals surface area contributed by atoms with Crippen molar-refractivity contribution in [2.24, 2.45) is 0 Å². The van der Waals surface area contributed by atoms with Gasteiger partial charge < -0.3 is 4.42 Å². The average molecular weight is 276 g/mol. The Balaban J connectivity index is 2.05. The molecule has 0 aliphatic rings. The van der Waals surface area contributed by atoms with E-state index in [9.17, 15) is 4.79 Å². The summed E-state index contributed by atoms with van der Waals surface area (Å²) < 4.78 is 5.49. The molecule has 0 N–H and O–H groups in total. The molecule has 2 aromatic carbocycles. The summed E-state index contributed by atoms with van der Waals surface area (Å²) in [4.78, 5) is 10.7. The van der Waals surface area contributed by atoms with Crippen LogP contribution >= 0.6 is 0 Å². The first-order valence-electron chi connectivity index (χ1n) is 6.90. The maximum atomic E-state index is 10.7. The molecule has 0 bridgehead atoms. The molecular weight excluding hydrogens is 260 g/mol. The van der Waals surface area contributed by atoms with Crippen LogP contribution in [-0.2, 0) is 0 Å². The third kappa shape index (κ3) is 2.79. The van der Waals surface area contributed by atoms with Crippen LogP contribution in [0, 0.1) is 13.8 Å².